The summed E-state index contributed by atoms with van der Waals surface area (Å²) in [6.45, 7) is 4.53. The van der Waals surface area contributed by atoms with Crippen LogP contribution in [0.5, 0.6) is 0 Å². The highest BCUT2D eigenvalue weighted by Gasteiger charge is 2.44. The van der Waals surface area contributed by atoms with Gasteiger partial charge in [-0.2, -0.15) is 0 Å². The van der Waals surface area contributed by atoms with Crippen LogP contribution in [0.1, 0.15) is 34.2 Å². The maximum absolute atomic E-state index is 14.1. The summed E-state index contributed by atoms with van der Waals surface area (Å²) >= 11 is 12.7. The van der Waals surface area contributed by atoms with E-state index in [1.165, 1.54) is 16.8 Å². The Labute approximate surface area is 209 Å². The second-order valence-corrected chi connectivity index (χ2v) is 9.51. The van der Waals surface area contributed by atoms with Crippen LogP contribution in [0, 0.1) is 6.92 Å². The van der Waals surface area contributed by atoms with Crippen LogP contribution >= 0.6 is 23.2 Å². The number of carbonyl (C=O) groups excluding carboxylic acids is 1. The molecular formula is C25H19Cl2N3O5. The summed E-state index contributed by atoms with van der Waals surface area (Å²) in [7, 11) is 0. The number of benzene rings is 1. The number of rotatable bonds is 5. The Hall–Kier alpha value is -3.46. The van der Waals surface area contributed by atoms with Crippen molar-refractivity contribution in [2.75, 3.05) is 13.2 Å². The largest absolute Gasteiger partial charge is 0.478 e. The molecule has 178 valence electrons. The fourth-order valence-corrected chi connectivity index (χ4v) is 4.95. The van der Waals surface area contributed by atoms with Crippen LogP contribution in [-0.4, -0.2) is 44.9 Å². The van der Waals surface area contributed by atoms with Gasteiger partial charge < -0.3 is 14.4 Å². The van der Waals surface area contributed by atoms with Crippen LogP contribution in [0.4, 0.5) is 0 Å². The monoisotopic (exact) mass is 511 g/mol. The van der Waals surface area contributed by atoms with E-state index in [2.05, 4.69) is 10.1 Å². The van der Waals surface area contributed by atoms with Crippen LogP contribution in [0.15, 0.2) is 47.3 Å². The zero-order valence-corrected chi connectivity index (χ0v) is 20.2. The van der Waals surface area contributed by atoms with Gasteiger partial charge in [-0.25, -0.2) is 9.78 Å². The van der Waals surface area contributed by atoms with Gasteiger partial charge in [0, 0.05) is 34.4 Å². The number of ether oxygens (including phenoxy) is 1. The first-order valence-corrected chi connectivity index (χ1v) is 11.4. The van der Waals surface area contributed by atoms with Crippen molar-refractivity contribution in [3.63, 3.8) is 0 Å². The molecule has 1 fully saturated rings. The number of halogens is 2. The lowest BCUT2D eigenvalue weighted by Crippen LogP contribution is -2.44. The Kier molecular flexibility index (Phi) is 5.75. The van der Waals surface area contributed by atoms with Gasteiger partial charge in [-0.1, -0.05) is 28.4 Å². The first-order chi connectivity index (χ1) is 16.7. The number of carbonyl (C=O) groups is 2. The minimum atomic E-state index is -1.07. The van der Waals surface area contributed by atoms with Gasteiger partial charge in [0.2, 0.25) is 0 Å². The van der Waals surface area contributed by atoms with Crippen molar-refractivity contribution in [3.05, 3.63) is 75.2 Å². The van der Waals surface area contributed by atoms with E-state index in [0.29, 0.717) is 56.9 Å². The third-order valence-electron chi connectivity index (χ3n) is 6.03. The zero-order chi connectivity index (χ0) is 24.9. The molecule has 8 nitrogen and oxygen atoms in total. The predicted molar refractivity (Wildman–Crippen MR) is 131 cm³/mol. The van der Waals surface area contributed by atoms with Crippen LogP contribution in [-0.2, 0) is 14.9 Å². The highest BCUT2D eigenvalue weighted by Crippen LogP contribution is 2.42. The molecule has 1 aromatic carbocycles. The first-order valence-electron chi connectivity index (χ1n) is 10.7. The summed E-state index contributed by atoms with van der Waals surface area (Å²) in [6.07, 6.45) is 5.60. The van der Waals surface area contributed by atoms with Crippen LogP contribution in [0.2, 0.25) is 10.0 Å². The van der Waals surface area contributed by atoms with Crippen LogP contribution < -0.4 is 0 Å². The minimum absolute atomic E-state index is 0.258. The number of aromatic nitrogens is 3. The van der Waals surface area contributed by atoms with Crippen molar-refractivity contribution in [2.24, 2.45) is 0 Å². The Morgan fingerprint density at radius 3 is 2.66 bits per heavy atom. The summed E-state index contributed by atoms with van der Waals surface area (Å²) in [5.41, 5.74) is 2.31. The number of nitrogens with zero attached hydrogens (tertiary/aromatic N) is 3. The van der Waals surface area contributed by atoms with Gasteiger partial charge in [0.1, 0.15) is 16.9 Å². The van der Waals surface area contributed by atoms with Gasteiger partial charge in [-0.15, -0.1) is 0 Å². The quantitative estimate of drug-likeness (QED) is 0.358. The summed E-state index contributed by atoms with van der Waals surface area (Å²) in [5, 5.41) is 14.7. The molecule has 0 spiro atoms. The van der Waals surface area contributed by atoms with Crippen molar-refractivity contribution in [2.45, 2.75) is 19.3 Å². The van der Waals surface area contributed by atoms with Crippen molar-refractivity contribution < 1.29 is 24.0 Å². The summed E-state index contributed by atoms with van der Waals surface area (Å²) < 4.78 is 12.6. The van der Waals surface area contributed by atoms with Gasteiger partial charge in [-0.3, -0.25) is 9.36 Å². The molecule has 0 amide bonds. The average molecular weight is 512 g/mol. The molecule has 5 rings (SSSR count). The van der Waals surface area contributed by atoms with E-state index in [9.17, 15) is 9.59 Å². The van der Waals surface area contributed by atoms with E-state index in [1.54, 1.807) is 30.5 Å². The van der Waals surface area contributed by atoms with Gasteiger partial charge in [0.25, 0.3) is 5.91 Å². The van der Waals surface area contributed by atoms with E-state index in [4.69, 9.17) is 37.6 Å². The van der Waals surface area contributed by atoms with Gasteiger partial charge >= 0.3 is 5.97 Å². The standard InChI is InChI=1S/C25H19Cl2N3O5/c1-13-9-15(26)10-17(27)19(13)21-20(22(35-29-21)25(2)11-34-12-25)24(33)30-8-6-16-14(3-4-18(31)32)5-7-28-23(16)30/h3-10H,11-12H2,1-2H3,(H,31,32)/b4-3+. The molecule has 0 aliphatic carbocycles. The van der Waals surface area contributed by atoms with Crippen LogP contribution in [0.25, 0.3) is 28.4 Å². The topological polar surface area (TPSA) is 107 Å². The lowest BCUT2D eigenvalue weighted by atomic mass is 9.82. The van der Waals surface area contributed by atoms with Gasteiger partial charge in [-0.05, 0) is 55.3 Å². The highest BCUT2D eigenvalue weighted by molar-refractivity contribution is 6.36. The fourth-order valence-electron chi connectivity index (χ4n) is 4.26. The summed E-state index contributed by atoms with van der Waals surface area (Å²) in [5.74, 6) is -1.08. The molecule has 1 N–H and O–H groups in total. The molecule has 0 saturated carbocycles. The van der Waals surface area contributed by atoms with E-state index in [0.717, 1.165) is 11.6 Å². The molecule has 0 atom stereocenters. The molecule has 35 heavy (non-hydrogen) atoms. The number of hydrogen-bond acceptors (Lipinski definition) is 6. The molecule has 0 unspecified atom stereocenters. The van der Waals surface area contributed by atoms with Gasteiger partial charge in [0.15, 0.2) is 5.76 Å². The van der Waals surface area contributed by atoms with E-state index in [-0.39, 0.29) is 5.56 Å². The maximum Gasteiger partial charge on any atom is 0.328 e. The number of carboxylic acids is 1. The first kappa shape index (κ1) is 23.3. The number of hydrogen-bond donors (Lipinski definition) is 1. The normalized spacial score (nSPS) is 15.0. The zero-order valence-electron chi connectivity index (χ0n) is 18.7. The molecule has 4 aromatic rings. The van der Waals surface area contributed by atoms with Gasteiger partial charge in [0.05, 0.1) is 23.7 Å². The maximum atomic E-state index is 14.1. The SMILES string of the molecule is Cc1cc(Cl)cc(Cl)c1-c1noc(C2(C)COC2)c1C(=O)n1ccc2c(/C=C/C(=O)O)ccnc21. The smallest absolute Gasteiger partial charge is 0.328 e. The molecule has 3 aromatic heterocycles. The molecule has 0 radical (unpaired) electrons. The molecule has 0 bridgehead atoms. The van der Waals surface area contributed by atoms with Crippen molar-refractivity contribution in [3.8, 4) is 11.3 Å². The van der Waals surface area contributed by atoms with Crippen molar-refractivity contribution in [1.82, 2.24) is 14.7 Å². The molecular weight excluding hydrogens is 493 g/mol. The predicted octanol–water partition coefficient (Wildman–Crippen LogP) is 5.38. The molecule has 1 saturated heterocycles. The lowest BCUT2D eigenvalue weighted by molar-refractivity contribution is -0.131. The lowest BCUT2D eigenvalue weighted by Gasteiger charge is -2.36. The number of aliphatic carboxylic acids is 1. The van der Waals surface area contributed by atoms with Crippen LogP contribution in [0.3, 0.4) is 0 Å². The summed E-state index contributed by atoms with van der Waals surface area (Å²) in [4.78, 5) is 29.4. The molecule has 4 heterocycles. The average Bonchev–Trinajstić information content (AvgIpc) is 3.40. The van der Waals surface area contributed by atoms with E-state index < -0.39 is 17.3 Å². The molecule has 10 heteroatoms. The minimum Gasteiger partial charge on any atom is -0.478 e. The van der Waals surface area contributed by atoms with Crippen molar-refractivity contribution >= 4 is 52.2 Å². The van der Waals surface area contributed by atoms with E-state index >= 15 is 0 Å². The number of aryl methyl sites for hydroxylation is 1. The van der Waals surface area contributed by atoms with E-state index in [1.807, 2.05) is 13.8 Å². The molecule has 1 aliphatic rings. The third kappa shape index (κ3) is 3.93. The third-order valence-corrected chi connectivity index (χ3v) is 6.55. The Balaban J connectivity index is 1.71. The fraction of sp³-hybridized carbons (Fsp3) is 0.200. The summed E-state index contributed by atoms with van der Waals surface area (Å²) in [6, 6.07) is 6.73. The Morgan fingerprint density at radius 2 is 2.00 bits per heavy atom. The highest BCUT2D eigenvalue weighted by atomic mass is 35.5. The molecule has 1 aliphatic heterocycles. The second-order valence-electron chi connectivity index (χ2n) is 8.67. The number of fused-ring (bicyclic) bond motifs is 1. The Bertz CT molecular complexity index is 1510. The number of carboxylic acid groups (broad SMARTS) is 1. The van der Waals surface area contributed by atoms with Crippen molar-refractivity contribution in [1.29, 1.82) is 0 Å². The second kappa shape index (κ2) is 8.64. The number of pyridine rings is 1. The Morgan fingerprint density at radius 1 is 1.23 bits per heavy atom.